The van der Waals surface area contributed by atoms with E-state index < -0.39 is 36.7 Å². The fourth-order valence-corrected chi connectivity index (χ4v) is 2.59. The van der Waals surface area contributed by atoms with Crippen LogP contribution in [0, 0.1) is 0 Å². The molecule has 0 radical (unpaired) electrons. The fourth-order valence-electron chi connectivity index (χ4n) is 2.59. The number of aliphatic hydroxyl groups excluding tert-OH is 2. The molecule has 7 heteroatoms. The summed E-state index contributed by atoms with van der Waals surface area (Å²) in [6.45, 7) is -0.351. The van der Waals surface area contributed by atoms with Gasteiger partial charge in [0.15, 0.2) is 18.5 Å². The molecule has 2 aliphatic rings. The van der Waals surface area contributed by atoms with Crippen LogP contribution in [0.15, 0.2) is 24.3 Å². The second kappa shape index (κ2) is 5.61. The lowest BCUT2D eigenvalue weighted by Gasteiger charge is -2.37. The molecule has 2 N–H and O–H groups in total. The van der Waals surface area contributed by atoms with E-state index in [4.69, 9.17) is 18.9 Å². The van der Waals surface area contributed by atoms with Crippen LogP contribution < -0.4 is 4.74 Å². The predicted octanol–water partition coefficient (Wildman–Crippen LogP) is -0.244. The topological polar surface area (TPSA) is 94.5 Å². The quantitative estimate of drug-likeness (QED) is 0.743. The third-order valence-corrected chi connectivity index (χ3v) is 3.65. The maximum Gasteiger partial charge on any atom is 0.338 e. The molecule has 0 saturated carbocycles. The first-order chi connectivity index (χ1) is 10.2. The molecule has 2 aliphatic heterocycles. The van der Waals surface area contributed by atoms with Gasteiger partial charge in [-0.1, -0.05) is 18.2 Å². The van der Waals surface area contributed by atoms with Crippen LogP contribution in [-0.4, -0.2) is 54.3 Å². The molecule has 21 heavy (non-hydrogen) atoms. The lowest BCUT2D eigenvalue weighted by Crippen LogP contribution is -2.49. The number of esters is 1. The highest BCUT2D eigenvalue weighted by molar-refractivity contribution is 5.78. The summed E-state index contributed by atoms with van der Waals surface area (Å²) < 4.78 is 21.5. The molecule has 5 atom stereocenters. The molecule has 7 nitrogen and oxygen atoms in total. The molecule has 0 aromatic heterocycles. The highest BCUT2D eigenvalue weighted by Gasteiger charge is 2.53. The van der Waals surface area contributed by atoms with Crippen molar-refractivity contribution in [3.63, 3.8) is 0 Å². The Balaban J connectivity index is 1.90. The van der Waals surface area contributed by atoms with E-state index in [9.17, 15) is 15.0 Å². The first kappa shape index (κ1) is 14.3. The summed E-state index contributed by atoms with van der Waals surface area (Å²) in [5, 5.41) is 19.2. The minimum absolute atomic E-state index is 0.351. The van der Waals surface area contributed by atoms with E-state index in [1.807, 2.05) is 0 Å². The van der Waals surface area contributed by atoms with Crippen molar-refractivity contribution < 1.29 is 34.0 Å². The van der Waals surface area contributed by atoms with Gasteiger partial charge in [-0.3, -0.25) is 0 Å². The summed E-state index contributed by atoms with van der Waals surface area (Å²) in [4.78, 5) is 11.5. The number of hydrogen-bond acceptors (Lipinski definition) is 7. The van der Waals surface area contributed by atoms with Crippen molar-refractivity contribution in [1.29, 1.82) is 0 Å². The average Bonchev–Trinajstić information content (AvgIpc) is 2.81. The van der Waals surface area contributed by atoms with Crippen LogP contribution in [0.25, 0.3) is 0 Å². The number of hydrogen-bond donors (Lipinski definition) is 2. The summed E-state index contributed by atoms with van der Waals surface area (Å²) >= 11 is 0. The first-order valence-electron chi connectivity index (χ1n) is 6.59. The van der Waals surface area contributed by atoms with Gasteiger partial charge in [0.05, 0.1) is 13.7 Å². The molecule has 0 amide bonds. The van der Waals surface area contributed by atoms with Gasteiger partial charge in [-0.15, -0.1) is 0 Å². The van der Waals surface area contributed by atoms with Gasteiger partial charge in [0.2, 0.25) is 0 Å². The SMILES string of the molecule is COc1ccccc1C1O[C@H]2[C@H](OC(=O)[C@H]2O)[C@H](CO)O1. The Morgan fingerprint density at radius 3 is 2.71 bits per heavy atom. The lowest BCUT2D eigenvalue weighted by atomic mass is 10.0. The maximum absolute atomic E-state index is 11.5. The molecular weight excluding hydrogens is 280 g/mol. The first-order valence-corrected chi connectivity index (χ1v) is 6.59. The molecule has 2 saturated heterocycles. The van der Waals surface area contributed by atoms with Gasteiger partial charge in [0.1, 0.15) is 18.0 Å². The summed E-state index contributed by atoms with van der Waals surface area (Å²) in [6, 6.07) is 7.09. The highest BCUT2D eigenvalue weighted by Crippen LogP contribution is 2.39. The number of carbonyl (C=O) groups excluding carboxylic acids is 1. The van der Waals surface area contributed by atoms with Crippen molar-refractivity contribution in [3.05, 3.63) is 29.8 Å². The number of carbonyl (C=O) groups is 1. The number of methoxy groups -OCH3 is 1. The van der Waals surface area contributed by atoms with Crippen molar-refractivity contribution >= 4 is 5.97 Å². The third kappa shape index (κ3) is 2.38. The largest absolute Gasteiger partial charge is 0.496 e. The summed E-state index contributed by atoms with van der Waals surface area (Å²) in [5.41, 5.74) is 0.614. The Hall–Kier alpha value is -1.67. The number of aliphatic hydroxyl groups is 2. The summed E-state index contributed by atoms with van der Waals surface area (Å²) in [7, 11) is 1.52. The molecule has 1 aromatic carbocycles. The molecule has 0 aliphatic carbocycles. The van der Waals surface area contributed by atoms with Crippen molar-refractivity contribution in [2.24, 2.45) is 0 Å². The molecule has 1 aromatic rings. The number of fused-ring (bicyclic) bond motifs is 1. The monoisotopic (exact) mass is 296 g/mol. The van der Waals surface area contributed by atoms with Crippen LogP contribution >= 0.6 is 0 Å². The van der Waals surface area contributed by atoms with E-state index in [-0.39, 0.29) is 6.61 Å². The summed E-state index contributed by atoms with van der Waals surface area (Å²) in [5.74, 6) is -0.218. The fraction of sp³-hybridized carbons (Fsp3) is 0.500. The van der Waals surface area contributed by atoms with Crippen LogP contribution in [0.2, 0.25) is 0 Å². The Morgan fingerprint density at radius 1 is 1.24 bits per heavy atom. The summed E-state index contributed by atoms with van der Waals surface area (Å²) in [6.07, 6.45) is -4.70. The van der Waals surface area contributed by atoms with Crippen molar-refractivity contribution in [2.75, 3.05) is 13.7 Å². The number of para-hydroxylation sites is 1. The van der Waals surface area contributed by atoms with Gasteiger partial charge in [0.25, 0.3) is 0 Å². The van der Waals surface area contributed by atoms with Crippen molar-refractivity contribution in [2.45, 2.75) is 30.7 Å². The lowest BCUT2D eigenvalue weighted by molar-refractivity contribution is -0.288. The zero-order chi connectivity index (χ0) is 15.0. The van der Waals surface area contributed by atoms with Crippen molar-refractivity contribution in [3.8, 4) is 5.75 Å². The van der Waals surface area contributed by atoms with E-state index >= 15 is 0 Å². The smallest absolute Gasteiger partial charge is 0.338 e. The molecular formula is C14H16O7. The normalized spacial score (nSPS) is 35.2. The zero-order valence-corrected chi connectivity index (χ0v) is 11.3. The van der Waals surface area contributed by atoms with Crippen LogP contribution in [-0.2, 0) is 19.0 Å². The van der Waals surface area contributed by atoms with E-state index in [1.54, 1.807) is 24.3 Å². The van der Waals surface area contributed by atoms with Crippen LogP contribution in [0.4, 0.5) is 0 Å². The zero-order valence-electron chi connectivity index (χ0n) is 11.3. The molecule has 114 valence electrons. The predicted molar refractivity (Wildman–Crippen MR) is 68.5 cm³/mol. The van der Waals surface area contributed by atoms with Gasteiger partial charge in [-0.25, -0.2) is 4.79 Å². The second-order valence-corrected chi connectivity index (χ2v) is 4.88. The van der Waals surface area contributed by atoms with E-state index in [0.29, 0.717) is 11.3 Å². The molecule has 2 fully saturated rings. The third-order valence-electron chi connectivity index (χ3n) is 3.65. The van der Waals surface area contributed by atoms with Crippen molar-refractivity contribution in [1.82, 2.24) is 0 Å². The minimum Gasteiger partial charge on any atom is -0.496 e. The van der Waals surface area contributed by atoms with Gasteiger partial charge >= 0.3 is 5.97 Å². The Bertz CT molecular complexity index is 532. The Morgan fingerprint density at radius 2 is 2.00 bits per heavy atom. The number of ether oxygens (including phenoxy) is 4. The second-order valence-electron chi connectivity index (χ2n) is 4.88. The van der Waals surface area contributed by atoms with Gasteiger partial charge in [-0.2, -0.15) is 0 Å². The Labute approximate surface area is 121 Å². The molecule has 3 rings (SSSR count). The van der Waals surface area contributed by atoms with E-state index in [1.165, 1.54) is 7.11 Å². The molecule has 0 bridgehead atoms. The van der Waals surface area contributed by atoms with Crippen LogP contribution in [0.3, 0.4) is 0 Å². The van der Waals surface area contributed by atoms with Crippen LogP contribution in [0.5, 0.6) is 5.75 Å². The van der Waals surface area contributed by atoms with Gasteiger partial charge in [-0.05, 0) is 6.07 Å². The van der Waals surface area contributed by atoms with Gasteiger partial charge in [0, 0.05) is 5.56 Å². The van der Waals surface area contributed by atoms with Gasteiger partial charge < -0.3 is 29.2 Å². The number of benzene rings is 1. The molecule has 1 unspecified atom stereocenters. The molecule has 2 heterocycles. The minimum atomic E-state index is -1.38. The number of rotatable bonds is 3. The van der Waals surface area contributed by atoms with E-state index in [2.05, 4.69) is 0 Å². The van der Waals surface area contributed by atoms with Crippen LogP contribution in [0.1, 0.15) is 11.9 Å². The average molecular weight is 296 g/mol. The Kier molecular flexibility index (Phi) is 3.81. The highest BCUT2D eigenvalue weighted by atomic mass is 16.7. The maximum atomic E-state index is 11.5. The van der Waals surface area contributed by atoms with E-state index in [0.717, 1.165) is 0 Å². The standard InChI is InChI=1S/C14H16O7/c1-18-8-5-3-2-4-7(8)14-19-9(6-15)11-12(21-14)10(16)13(17)20-11/h2-5,9-12,14-16H,6H2,1H3/t9-,10-,11+,12+,14?/m0/s1. The molecule has 0 spiro atoms.